The van der Waals surface area contributed by atoms with E-state index in [9.17, 15) is 13.2 Å². The number of carbonyl (C=O) groups excluding carboxylic acids is 1. The molecule has 26 heavy (non-hydrogen) atoms. The highest BCUT2D eigenvalue weighted by Gasteiger charge is 2.33. The molecular formula is C17H23N5O3S. The Morgan fingerprint density at radius 1 is 1.35 bits per heavy atom. The molecule has 2 aromatic heterocycles. The molecule has 0 N–H and O–H groups in total. The van der Waals surface area contributed by atoms with Crippen LogP contribution in [0, 0.1) is 0 Å². The monoisotopic (exact) mass is 377 g/mol. The fraction of sp³-hybridized carbons (Fsp3) is 0.471. The molecule has 9 heteroatoms. The van der Waals surface area contributed by atoms with E-state index in [1.807, 2.05) is 6.07 Å². The first-order valence-electron chi connectivity index (χ1n) is 8.47. The summed E-state index contributed by atoms with van der Waals surface area (Å²) in [5, 5.41) is 0. The second-order valence-electron chi connectivity index (χ2n) is 6.61. The average Bonchev–Trinajstić information content (AvgIpc) is 3.05. The van der Waals surface area contributed by atoms with Crippen molar-refractivity contribution in [1.82, 2.24) is 23.7 Å². The van der Waals surface area contributed by atoms with E-state index in [4.69, 9.17) is 0 Å². The molecule has 0 spiro atoms. The lowest BCUT2D eigenvalue weighted by Gasteiger charge is -2.38. The first kappa shape index (κ1) is 18.5. The lowest BCUT2D eigenvalue weighted by atomic mass is 10.0. The van der Waals surface area contributed by atoms with E-state index in [0.29, 0.717) is 18.8 Å². The van der Waals surface area contributed by atoms with Gasteiger partial charge in [-0.25, -0.2) is 13.4 Å². The SMILES string of the molecule is Cn1cncc1C(=O)N1CCCC(N(Cc2cccnc2)S(C)(=O)=O)C1. The summed E-state index contributed by atoms with van der Waals surface area (Å²) in [5.74, 6) is -0.121. The van der Waals surface area contributed by atoms with Gasteiger partial charge in [0.05, 0.1) is 18.8 Å². The predicted molar refractivity (Wildman–Crippen MR) is 96.8 cm³/mol. The third-order valence-corrected chi connectivity index (χ3v) is 5.89. The molecule has 0 aromatic carbocycles. The number of aromatic nitrogens is 3. The third kappa shape index (κ3) is 4.10. The summed E-state index contributed by atoms with van der Waals surface area (Å²) in [5.41, 5.74) is 1.33. The molecule has 3 rings (SSSR count). The molecule has 1 fully saturated rings. The predicted octanol–water partition coefficient (Wildman–Crippen LogP) is 0.881. The Balaban J connectivity index is 1.79. The number of pyridine rings is 1. The maximum atomic E-state index is 12.7. The van der Waals surface area contributed by atoms with Crippen molar-refractivity contribution >= 4 is 15.9 Å². The fourth-order valence-corrected chi connectivity index (χ4v) is 4.39. The maximum absolute atomic E-state index is 12.7. The summed E-state index contributed by atoms with van der Waals surface area (Å²) < 4.78 is 27.9. The minimum atomic E-state index is -3.42. The molecule has 1 amide bonds. The van der Waals surface area contributed by atoms with Gasteiger partial charge < -0.3 is 9.47 Å². The van der Waals surface area contributed by atoms with Gasteiger partial charge in [-0.15, -0.1) is 0 Å². The third-order valence-electron chi connectivity index (χ3n) is 4.61. The number of amides is 1. The van der Waals surface area contributed by atoms with E-state index in [2.05, 4.69) is 9.97 Å². The number of rotatable bonds is 5. The second-order valence-corrected chi connectivity index (χ2v) is 8.54. The quantitative estimate of drug-likeness (QED) is 0.772. The van der Waals surface area contributed by atoms with Crippen LogP contribution in [0.15, 0.2) is 37.1 Å². The van der Waals surface area contributed by atoms with Crippen LogP contribution in [0.1, 0.15) is 28.9 Å². The molecule has 0 saturated carbocycles. The summed E-state index contributed by atoms with van der Waals surface area (Å²) in [4.78, 5) is 22.5. The van der Waals surface area contributed by atoms with Gasteiger partial charge in [0.25, 0.3) is 5.91 Å². The largest absolute Gasteiger partial charge is 0.336 e. The van der Waals surface area contributed by atoms with Gasteiger partial charge in [-0.05, 0) is 24.5 Å². The molecule has 0 bridgehead atoms. The van der Waals surface area contributed by atoms with Crippen molar-refractivity contribution in [2.24, 2.45) is 7.05 Å². The number of hydrogen-bond donors (Lipinski definition) is 0. The lowest BCUT2D eigenvalue weighted by molar-refractivity contribution is 0.0641. The highest BCUT2D eigenvalue weighted by atomic mass is 32.2. The zero-order valence-electron chi connectivity index (χ0n) is 14.9. The molecule has 0 radical (unpaired) electrons. The van der Waals surface area contributed by atoms with Crippen molar-refractivity contribution in [3.63, 3.8) is 0 Å². The van der Waals surface area contributed by atoms with E-state index < -0.39 is 10.0 Å². The van der Waals surface area contributed by atoms with Crippen LogP contribution >= 0.6 is 0 Å². The van der Waals surface area contributed by atoms with Gasteiger partial charge >= 0.3 is 0 Å². The Morgan fingerprint density at radius 2 is 2.15 bits per heavy atom. The number of aryl methyl sites for hydroxylation is 1. The van der Waals surface area contributed by atoms with Gasteiger partial charge in [0.1, 0.15) is 5.69 Å². The number of carbonyl (C=O) groups is 1. The fourth-order valence-electron chi connectivity index (χ4n) is 3.29. The molecule has 1 aliphatic rings. The Morgan fingerprint density at radius 3 is 2.77 bits per heavy atom. The summed E-state index contributed by atoms with van der Waals surface area (Å²) >= 11 is 0. The van der Waals surface area contributed by atoms with Crippen LogP contribution in [0.3, 0.4) is 0 Å². The zero-order chi connectivity index (χ0) is 18.7. The summed E-state index contributed by atoms with van der Waals surface area (Å²) in [7, 11) is -1.65. The van der Waals surface area contributed by atoms with Crippen LogP contribution < -0.4 is 0 Å². The second kappa shape index (κ2) is 7.55. The van der Waals surface area contributed by atoms with Crippen molar-refractivity contribution in [2.45, 2.75) is 25.4 Å². The van der Waals surface area contributed by atoms with Gasteiger partial charge in [-0.2, -0.15) is 4.31 Å². The molecule has 8 nitrogen and oxygen atoms in total. The molecule has 2 aromatic rings. The summed E-state index contributed by atoms with van der Waals surface area (Å²) in [6.07, 6.45) is 9.14. The van der Waals surface area contributed by atoms with Crippen molar-refractivity contribution in [1.29, 1.82) is 0 Å². The molecule has 3 heterocycles. The summed E-state index contributed by atoms with van der Waals surface area (Å²) in [6.45, 7) is 1.24. The highest BCUT2D eigenvalue weighted by molar-refractivity contribution is 7.88. The minimum absolute atomic E-state index is 0.121. The van der Waals surface area contributed by atoms with Gasteiger partial charge in [0.2, 0.25) is 10.0 Å². The van der Waals surface area contributed by atoms with Crippen LogP contribution in [0.4, 0.5) is 0 Å². The molecule has 140 valence electrons. The molecular weight excluding hydrogens is 354 g/mol. The van der Waals surface area contributed by atoms with Gasteiger partial charge in [-0.1, -0.05) is 6.07 Å². The minimum Gasteiger partial charge on any atom is -0.336 e. The maximum Gasteiger partial charge on any atom is 0.272 e. The van der Waals surface area contributed by atoms with Crippen molar-refractivity contribution in [2.75, 3.05) is 19.3 Å². The number of likely N-dealkylation sites (tertiary alicyclic amines) is 1. The van der Waals surface area contributed by atoms with E-state index in [0.717, 1.165) is 18.4 Å². The van der Waals surface area contributed by atoms with Crippen molar-refractivity contribution in [3.05, 3.63) is 48.3 Å². The van der Waals surface area contributed by atoms with Crippen LogP contribution in [0.5, 0.6) is 0 Å². The van der Waals surface area contributed by atoms with E-state index in [1.54, 1.807) is 41.3 Å². The number of piperidine rings is 1. The Hall–Kier alpha value is -2.26. The van der Waals surface area contributed by atoms with Crippen molar-refractivity contribution in [3.8, 4) is 0 Å². The van der Waals surface area contributed by atoms with Crippen LogP contribution in [0.25, 0.3) is 0 Å². The molecule has 0 aliphatic carbocycles. The Kier molecular flexibility index (Phi) is 5.38. The van der Waals surface area contributed by atoms with Crippen LogP contribution in [0.2, 0.25) is 0 Å². The smallest absolute Gasteiger partial charge is 0.272 e. The van der Waals surface area contributed by atoms with Crippen LogP contribution in [-0.4, -0.2) is 63.5 Å². The van der Waals surface area contributed by atoms with Gasteiger partial charge in [-0.3, -0.25) is 9.78 Å². The van der Waals surface area contributed by atoms with E-state index in [1.165, 1.54) is 16.8 Å². The summed E-state index contributed by atoms with van der Waals surface area (Å²) in [6, 6.07) is 3.39. The lowest BCUT2D eigenvalue weighted by Crippen LogP contribution is -2.51. The molecule has 1 saturated heterocycles. The Bertz CT molecular complexity index is 866. The molecule has 1 unspecified atom stereocenters. The average molecular weight is 377 g/mol. The number of nitrogens with zero attached hydrogens (tertiary/aromatic N) is 5. The van der Waals surface area contributed by atoms with Gasteiger partial charge in [0.15, 0.2) is 0 Å². The van der Waals surface area contributed by atoms with Crippen molar-refractivity contribution < 1.29 is 13.2 Å². The standard InChI is InChI=1S/C17H23N5O3S/c1-20-13-19-10-16(20)17(23)21-8-4-6-15(12-21)22(26(2,24)25)11-14-5-3-7-18-9-14/h3,5,7,9-10,13,15H,4,6,8,11-12H2,1-2H3. The normalized spacial score (nSPS) is 18.3. The molecule has 1 aliphatic heterocycles. The molecule has 1 atom stereocenters. The topological polar surface area (TPSA) is 88.4 Å². The zero-order valence-corrected chi connectivity index (χ0v) is 15.8. The Labute approximate surface area is 153 Å². The van der Waals surface area contributed by atoms with E-state index >= 15 is 0 Å². The van der Waals surface area contributed by atoms with Crippen LogP contribution in [-0.2, 0) is 23.6 Å². The van der Waals surface area contributed by atoms with E-state index in [-0.39, 0.29) is 18.5 Å². The first-order valence-corrected chi connectivity index (χ1v) is 10.3. The van der Waals surface area contributed by atoms with Gasteiger partial charge in [0, 0.05) is 45.1 Å². The number of sulfonamides is 1. The number of hydrogen-bond acceptors (Lipinski definition) is 5. The first-order chi connectivity index (χ1) is 12.4. The highest BCUT2D eigenvalue weighted by Crippen LogP contribution is 2.22. The number of imidazole rings is 1.